The average molecular weight is 214 g/mol. The molecular weight excluding hydrogens is 200 g/mol. The summed E-state index contributed by atoms with van der Waals surface area (Å²) in [7, 11) is 0. The van der Waals surface area contributed by atoms with Crippen LogP contribution in [0.1, 0.15) is 12.5 Å². The summed E-state index contributed by atoms with van der Waals surface area (Å²) in [5.74, 6) is -1.07. The smallest absolute Gasteiger partial charge is 0.306 e. The lowest BCUT2D eigenvalue weighted by Crippen LogP contribution is -2.12. The summed E-state index contributed by atoms with van der Waals surface area (Å²) in [6.07, 6.45) is 0.583. The normalized spacial score (nSPS) is 12.6. The van der Waals surface area contributed by atoms with Crippen LogP contribution in [-0.4, -0.2) is 11.1 Å². The Bertz CT molecular complexity index is 517. The minimum Gasteiger partial charge on any atom is -0.481 e. The summed E-state index contributed by atoms with van der Waals surface area (Å²) in [6, 6.07) is 14.2. The van der Waals surface area contributed by atoms with Gasteiger partial charge in [-0.1, -0.05) is 49.4 Å². The van der Waals surface area contributed by atoms with Gasteiger partial charge in [0.1, 0.15) is 0 Å². The largest absolute Gasteiger partial charge is 0.481 e. The van der Waals surface area contributed by atoms with Crippen LogP contribution in [-0.2, 0) is 11.2 Å². The summed E-state index contributed by atoms with van der Waals surface area (Å²) in [4.78, 5) is 10.8. The number of carbonyl (C=O) groups is 1. The van der Waals surface area contributed by atoms with Crippen molar-refractivity contribution < 1.29 is 9.90 Å². The molecule has 2 rings (SSSR count). The molecule has 2 aromatic carbocycles. The molecule has 0 spiro atoms. The van der Waals surface area contributed by atoms with Gasteiger partial charge in [0.15, 0.2) is 0 Å². The fourth-order valence-corrected chi connectivity index (χ4v) is 1.81. The maximum atomic E-state index is 10.8. The Labute approximate surface area is 94.5 Å². The zero-order valence-corrected chi connectivity index (χ0v) is 9.18. The molecule has 0 bridgehead atoms. The molecule has 2 aromatic rings. The van der Waals surface area contributed by atoms with E-state index in [-0.39, 0.29) is 5.92 Å². The van der Waals surface area contributed by atoms with E-state index in [4.69, 9.17) is 5.11 Å². The van der Waals surface area contributed by atoms with Gasteiger partial charge < -0.3 is 5.11 Å². The van der Waals surface area contributed by atoms with Gasteiger partial charge in [-0.05, 0) is 22.8 Å². The molecular formula is C14H14O2. The van der Waals surface area contributed by atoms with Crippen LogP contribution in [0.4, 0.5) is 0 Å². The van der Waals surface area contributed by atoms with E-state index in [9.17, 15) is 4.79 Å². The van der Waals surface area contributed by atoms with Crippen molar-refractivity contribution in [2.75, 3.05) is 0 Å². The van der Waals surface area contributed by atoms with Crippen LogP contribution in [0.3, 0.4) is 0 Å². The number of aliphatic carboxylic acids is 1. The van der Waals surface area contributed by atoms with Gasteiger partial charge in [-0.15, -0.1) is 0 Å². The molecule has 0 heterocycles. The number of carboxylic acid groups (broad SMARTS) is 1. The van der Waals surface area contributed by atoms with Crippen molar-refractivity contribution in [3.8, 4) is 0 Å². The second kappa shape index (κ2) is 4.35. The van der Waals surface area contributed by atoms with E-state index in [1.807, 2.05) is 30.3 Å². The van der Waals surface area contributed by atoms with Crippen LogP contribution in [0.5, 0.6) is 0 Å². The van der Waals surface area contributed by atoms with E-state index in [1.54, 1.807) is 6.92 Å². The first-order chi connectivity index (χ1) is 7.66. The molecule has 0 unspecified atom stereocenters. The van der Waals surface area contributed by atoms with Crippen LogP contribution < -0.4 is 0 Å². The van der Waals surface area contributed by atoms with Crippen molar-refractivity contribution in [2.24, 2.45) is 5.92 Å². The lowest BCUT2D eigenvalue weighted by Gasteiger charge is -2.07. The zero-order valence-electron chi connectivity index (χ0n) is 9.18. The predicted molar refractivity (Wildman–Crippen MR) is 64.5 cm³/mol. The number of fused-ring (bicyclic) bond motifs is 1. The van der Waals surface area contributed by atoms with Crippen molar-refractivity contribution in [1.29, 1.82) is 0 Å². The fourth-order valence-electron chi connectivity index (χ4n) is 1.81. The standard InChI is InChI=1S/C14H14O2/c1-10(14(15)16)8-11-6-7-12-4-2-3-5-13(12)9-11/h2-7,9-10H,8H2,1H3,(H,15,16)/t10-/m0/s1. The topological polar surface area (TPSA) is 37.3 Å². The minimum atomic E-state index is -0.742. The zero-order chi connectivity index (χ0) is 11.5. The van der Waals surface area contributed by atoms with E-state index in [0.29, 0.717) is 6.42 Å². The van der Waals surface area contributed by atoms with Crippen LogP contribution in [0.2, 0.25) is 0 Å². The Hall–Kier alpha value is -1.83. The molecule has 1 atom stereocenters. The van der Waals surface area contributed by atoms with Gasteiger partial charge in [0.2, 0.25) is 0 Å². The molecule has 0 radical (unpaired) electrons. The van der Waals surface area contributed by atoms with Gasteiger partial charge in [-0.25, -0.2) is 0 Å². The SMILES string of the molecule is C[C@@H](Cc1ccc2ccccc2c1)C(=O)O. The molecule has 0 saturated carbocycles. The minimum absolute atomic E-state index is 0.332. The molecule has 2 nitrogen and oxygen atoms in total. The van der Waals surface area contributed by atoms with Gasteiger partial charge in [-0.2, -0.15) is 0 Å². The lowest BCUT2D eigenvalue weighted by molar-refractivity contribution is -0.141. The monoisotopic (exact) mass is 214 g/mol. The fraction of sp³-hybridized carbons (Fsp3) is 0.214. The predicted octanol–water partition coefficient (Wildman–Crippen LogP) is 3.10. The van der Waals surface area contributed by atoms with Crippen LogP contribution >= 0.6 is 0 Å². The first-order valence-corrected chi connectivity index (χ1v) is 5.37. The summed E-state index contributed by atoms with van der Waals surface area (Å²) in [6.45, 7) is 1.73. The Morgan fingerprint density at radius 2 is 1.88 bits per heavy atom. The van der Waals surface area contributed by atoms with Crippen LogP contribution in [0.25, 0.3) is 10.8 Å². The first-order valence-electron chi connectivity index (χ1n) is 5.37. The van der Waals surface area contributed by atoms with Gasteiger partial charge in [0, 0.05) is 0 Å². The number of hydrogen-bond acceptors (Lipinski definition) is 1. The van der Waals surface area contributed by atoms with Crippen LogP contribution in [0, 0.1) is 5.92 Å². The number of carboxylic acids is 1. The molecule has 2 heteroatoms. The highest BCUT2D eigenvalue weighted by Gasteiger charge is 2.11. The average Bonchev–Trinajstić information content (AvgIpc) is 2.28. The third kappa shape index (κ3) is 2.22. The maximum Gasteiger partial charge on any atom is 0.306 e. The highest BCUT2D eigenvalue weighted by atomic mass is 16.4. The van der Waals surface area contributed by atoms with E-state index in [1.165, 1.54) is 5.39 Å². The summed E-state index contributed by atoms with van der Waals surface area (Å²) in [5, 5.41) is 11.2. The van der Waals surface area contributed by atoms with Gasteiger partial charge >= 0.3 is 5.97 Å². The molecule has 82 valence electrons. The van der Waals surface area contributed by atoms with E-state index in [2.05, 4.69) is 12.1 Å². The Kier molecular flexibility index (Phi) is 2.91. The first kappa shape index (κ1) is 10.7. The molecule has 0 aliphatic rings. The quantitative estimate of drug-likeness (QED) is 0.852. The van der Waals surface area contributed by atoms with Crippen molar-refractivity contribution in [3.63, 3.8) is 0 Å². The summed E-state index contributed by atoms with van der Waals surface area (Å²) in [5.41, 5.74) is 1.08. The number of hydrogen-bond donors (Lipinski definition) is 1. The number of benzene rings is 2. The Balaban J connectivity index is 2.29. The van der Waals surface area contributed by atoms with Crippen LogP contribution in [0.15, 0.2) is 42.5 Å². The van der Waals surface area contributed by atoms with E-state index >= 15 is 0 Å². The summed E-state index contributed by atoms with van der Waals surface area (Å²) >= 11 is 0. The van der Waals surface area contributed by atoms with E-state index < -0.39 is 5.97 Å². The summed E-state index contributed by atoms with van der Waals surface area (Å²) < 4.78 is 0. The highest BCUT2D eigenvalue weighted by molar-refractivity contribution is 5.83. The van der Waals surface area contributed by atoms with Gasteiger partial charge in [0.25, 0.3) is 0 Å². The maximum absolute atomic E-state index is 10.8. The molecule has 0 aromatic heterocycles. The third-order valence-electron chi connectivity index (χ3n) is 2.78. The molecule has 0 fully saturated rings. The molecule has 0 amide bonds. The van der Waals surface area contributed by atoms with Crippen molar-refractivity contribution in [3.05, 3.63) is 48.0 Å². The Morgan fingerprint density at radius 1 is 1.19 bits per heavy atom. The lowest BCUT2D eigenvalue weighted by atomic mass is 9.99. The van der Waals surface area contributed by atoms with Crippen molar-refractivity contribution in [1.82, 2.24) is 0 Å². The molecule has 16 heavy (non-hydrogen) atoms. The molecule has 0 saturated heterocycles. The highest BCUT2D eigenvalue weighted by Crippen LogP contribution is 2.17. The molecule has 0 aliphatic heterocycles. The van der Waals surface area contributed by atoms with Crippen molar-refractivity contribution >= 4 is 16.7 Å². The second-order valence-corrected chi connectivity index (χ2v) is 4.12. The molecule has 1 N–H and O–H groups in total. The van der Waals surface area contributed by atoms with Crippen molar-refractivity contribution in [2.45, 2.75) is 13.3 Å². The van der Waals surface area contributed by atoms with E-state index in [0.717, 1.165) is 10.9 Å². The van der Waals surface area contributed by atoms with Gasteiger partial charge in [0.05, 0.1) is 5.92 Å². The molecule has 0 aliphatic carbocycles. The van der Waals surface area contributed by atoms with Gasteiger partial charge in [-0.3, -0.25) is 4.79 Å². The number of rotatable bonds is 3. The Morgan fingerprint density at radius 3 is 2.56 bits per heavy atom. The second-order valence-electron chi connectivity index (χ2n) is 4.12. The third-order valence-corrected chi connectivity index (χ3v) is 2.78.